The second kappa shape index (κ2) is 10.6. The van der Waals surface area contributed by atoms with Gasteiger partial charge in [-0.2, -0.15) is 16.7 Å². The first-order valence-electron chi connectivity index (χ1n) is 6.16. The number of nitrogens with one attached hydrogen (secondary N) is 2. The number of carboxylic acids is 2. The van der Waals surface area contributed by atoms with Gasteiger partial charge in [-0.15, -0.1) is 0 Å². The molecular formula is C10H16N4O7S2. The Labute approximate surface area is 141 Å². The van der Waals surface area contributed by atoms with E-state index in [4.69, 9.17) is 15.4 Å². The number of hydrogen-bond donors (Lipinski definition) is 6. The highest BCUT2D eigenvalue weighted by molar-refractivity contribution is 7.80. The lowest BCUT2D eigenvalue weighted by Crippen LogP contribution is -2.49. The molecule has 0 spiro atoms. The van der Waals surface area contributed by atoms with Crippen molar-refractivity contribution < 1.29 is 38.7 Å². The first-order chi connectivity index (χ1) is 10.7. The molecule has 130 valence electrons. The number of carbonyl (C=O) groups is 4. The van der Waals surface area contributed by atoms with Crippen LogP contribution in [0.25, 0.3) is 0 Å². The summed E-state index contributed by atoms with van der Waals surface area (Å²) in [5.41, 5.74) is 0. The maximum Gasteiger partial charge on any atom is 0.374 e. The molecule has 0 rings (SSSR count). The highest BCUT2D eigenvalue weighted by atomic mass is 32.1. The first-order valence-corrected chi connectivity index (χ1v) is 7.16. The summed E-state index contributed by atoms with van der Waals surface area (Å²) >= 11 is 8.34. The molecule has 0 aliphatic carbocycles. The second-order valence-electron chi connectivity index (χ2n) is 4.20. The van der Waals surface area contributed by atoms with Crippen molar-refractivity contribution in [2.75, 3.05) is 12.3 Å². The molecule has 2 atom stereocenters. The van der Waals surface area contributed by atoms with Crippen LogP contribution in [-0.2, 0) is 32.0 Å². The van der Waals surface area contributed by atoms with Crippen LogP contribution in [0.3, 0.4) is 0 Å². The van der Waals surface area contributed by atoms with Crippen LogP contribution in [0.5, 0.6) is 0 Å². The highest BCUT2D eigenvalue weighted by Crippen LogP contribution is 2.03. The largest absolute Gasteiger partial charge is 0.480 e. The third-order valence-corrected chi connectivity index (χ3v) is 3.23. The molecule has 2 amide bonds. The number of aliphatic carboxylic acids is 2. The van der Waals surface area contributed by atoms with E-state index in [9.17, 15) is 19.2 Å². The topological polar surface area (TPSA) is 168 Å². The molecule has 2 unspecified atom stereocenters. The van der Waals surface area contributed by atoms with E-state index in [1.807, 2.05) is 0 Å². The van der Waals surface area contributed by atoms with Crippen LogP contribution in [-0.4, -0.2) is 67.7 Å². The number of carbonyl (C=O) groups excluding carboxylic acids is 2. The Bertz CT molecular complexity index is 500. The molecule has 5 N–H and O–H groups in total. The summed E-state index contributed by atoms with van der Waals surface area (Å²) < 4.78 is 0.366. The van der Waals surface area contributed by atoms with E-state index < -0.39 is 42.4 Å². The van der Waals surface area contributed by atoms with Crippen LogP contribution in [0.4, 0.5) is 0 Å². The van der Waals surface area contributed by atoms with Crippen molar-refractivity contribution in [3.63, 3.8) is 0 Å². The third kappa shape index (κ3) is 8.15. The SMILES string of the molecule is O=C(O)CNC(=O)C(CS)NC(=O)CCC(C(=O)O)[N+]([S-])=NO. The number of nitrogens with zero attached hydrogens (tertiary/aromatic N) is 2. The standard InChI is InChI=1S/C10H16N4O7S2/c15-7(2-1-6(10(19)20)14(23)13-21)12-5(4-22)9(18)11-3-8(16)17/h5-6,21-22H,1-4H2,(H,11,18)(H,12,15)(H,16,17)(H,19,20). The predicted octanol–water partition coefficient (Wildman–Crippen LogP) is -1.85. The van der Waals surface area contributed by atoms with Crippen molar-refractivity contribution in [2.45, 2.75) is 24.9 Å². The molecule has 0 heterocycles. The lowest BCUT2D eigenvalue weighted by atomic mass is 10.1. The Balaban J connectivity index is 4.52. The Morgan fingerprint density at radius 2 is 1.87 bits per heavy atom. The fourth-order valence-electron chi connectivity index (χ4n) is 1.41. The van der Waals surface area contributed by atoms with Crippen LogP contribution in [0.2, 0.25) is 0 Å². The number of thiol groups is 1. The molecule has 13 heteroatoms. The van der Waals surface area contributed by atoms with Crippen LogP contribution in [0.1, 0.15) is 12.8 Å². The summed E-state index contributed by atoms with van der Waals surface area (Å²) in [6.45, 7) is -0.608. The quantitative estimate of drug-likeness (QED) is 0.0858. The van der Waals surface area contributed by atoms with E-state index in [0.717, 1.165) is 0 Å². The van der Waals surface area contributed by atoms with E-state index in [1.54, 1.807) is 0 Å². The Hall–Kier alpha value is -2.15. The molecule has 0 saturated carbocycles. The Morgan fingerprint density at radius 3 is 2.30 bits per heavy atom. The van der Waals surface area contributed by atoms with Gasteiger partial charge in [-0.1, -0.05) is 0 Å². The molecule has 0 aromatic heterocycles. The Morgan fingerprint density at radius 1 is 1.26 bits per heavy atom. The zero-order valence-electron chi connectivity index (χ0n) is 11.7. The van der Waals surface area contributed by atoms with E-state index in [2.05, 4.69) is 41.4 Å². The van der Waals surface area contributed by atoms with Crippen molar-refractivity contribution in [3.05, 3.63) is 0 Å². The average molecular weight is 368 g/mol. The molecular weight excluding hydrogens is 352 g/mol. The second-order valence-corrected chi connectivity index (χ2v) is 4.94. The van der Waals surface area contributed by atoms with Crippen molar-refractivity contribution in [3.8, 4) is 0 Å². The lowest BCUT2D eigenvalue weighted by Gasteiger charge is -2.16. The molecule has 11 nitrogen and oxygen atoms in total. The zero-order chi connectivity index (χ0) is 18.0. The molecule has 0 aromatic rings. The van der Waals surface area contributed by atoms with Crippen LogP contribution in [0.15, 0.2) is 5.28 Å². The molecule has 0 saturated heterocycles. The van der Waals surface area contributed by atoms with E-state index in [1.165, 1.54) is 0 Å². The first kappa shape index (κ1) is 20.9. The molecule has 0 aromatic carbocycles. The van der Waals surface area contributed by atoms with Gasteiger partial charge in [0.05, 0.1) is 0 Å². The minimum absolute atomic E-state index is 0.0846. The summed E-state index contributed by atoms with van der Waals surface area (Å²) in [4.78, 5) is 44.6. The third-order valence-electron chi connectivity index (χ3n) is 2.53. The van der Waals surface area contributed by atoms with Gasteiger partial charge >= 0.3 is 11.9 Å². The zero-order valence-corrected chi connectivity index (χ0v) is 13.4. The van der Waals surface area contributed by atoms with Gasteiger partial charge in [0, 0.05) is 18.6 Å². The maximum atomic E-state index is 11.7. The van der Waals surface area contributed by atoms with Crippen LogP contribution < -0.4 is 10.6 Å². The summed E-state index contributed by atoms with van der Waals surface area (Å²) in [6, 6.07) is -2.47. The van der Waals surface area contributed by atoms with Gasteiger partial charge < -0.3 is 38.9 Å². The van der Waals surface area contributed by atoms with Gasteiger partial charge in [0.15, 0.2) is 5.28 Å². The number of rotatable bonds is 10. The van der Waals surface area contributed by atoms with Crippen LogP contribution in [0, 0.1) is 0 Å². The Kier molecular flexibility index (Phi) is 9.57. The van der Waals surface area contributed by atoms with Gasteiger partial charge in [-0.3, -0.25) is 14.4 Å². The number of carboxylic acid groups (broad SMARTS) is 2. The van der Waals surface area contributed by atoms with Gasteiger partial charge in [0.25, 0.3) is 6.04 Å². The molecule has 0 bridgehead atoms. The van der Waals surface area contributed by atoms with Gasteiger partial charge in [0.1, 0.15) is 12.6 Å². The number of hydrogen-bond acceptors (Lipinski definition) is 7. The van der Waals surface area contributed by atoms with Crippen LogP contribution >= 0.6 is 12.6 Å². The average Bonchev–Trinajstić information content (AvgIpc) is 2.49. The van der Waals surface area contributed by atoms with Gasteiger partial charge in [-0.25, -0.2) is 4.79 Å². The van der Waals surface area contributed by atoms with Gasteiger partial charge in [0.2, 0.25) is 11.8 Å². The molecule has 0 aliphatic rings. The highest BCUT2D eigenvalue weighted by Gasteiger charge is 2.27. The minimum Gasteiger partial charge on any atom is -0.480 e. The number of amides is 2. The van der Waals surface area contributed by atoms with Gasteiger partial charge in [-0.05, 0) is 0 Å². The fourth-order valence-corrected chi connectivity index (χ4v) is 1.86. The summed E-state index contributed by atoms with van der Waals surface area (Å²) in [5, 5.41) is 32.7. The lowest BCUT2D eigenvalue weighted by molar-refractivity contribution is -0.488. The molecule has 0 radical (unpaired) electrons. The van der Waals surface area contributed by atoms with Crippen molar-refractivity contribution in [1.82, 2.24) is 10.6 Å². The maximum absolute atomic E-state index is 11.7. The normalized spacial score (nSPS) is 13.7. The monoisotopic (exact) mass is 368 g/mol. The molecule has 23 heavy (non-hydrogen) atoms. The smallest absolute Gasteiger partial charge is 0.374 e. The molecule has 0 aliphatic heterocycles. The minimum atomic E-state index is -1.39. The van der Waals surface area contributed by atoms with Crippen molar-refractivity contribution >= 4 is 49.2 Å². The fraction of sp³-hybridized carbons (Fsp3) is 0.600. The van der Waals surface area contributed by atoms with E-state index >= 15 is 0 Å². The predicted molar refractivity (Wildman–Crippen MR) is 78.9 cm³/mol. The summed E-state index contributed by atoms with van der Waals surface area (Å²) in [5.74, 6) is -4.11. The van der Waals surface area contributed by atoms with Crippen molar-refractivity contribution in [2.24, 2.45) is 5.28 Å². The summed E-state index contributed by atoms with van der Waals surface area (Å²) in [6.07, 6.45) is -0.569. The molecule has 0 fully saturated rings. The van der Waals surface area contributed by atoms with E-state index in [0.29, 0.717) is 4.10 Å². The van der Waals surface area contributed by atoms with E-state index in [-0.39, 0.29) is 18.6 Å². The van der Waals surface area contributed by atoms with Crippen molar-refractivity contribution in [1.29, 1.82) is 0 Å². The summed E-state index contributed by atoms with van der Waals surface area (Å²) in [7, 11) is 0.